The first kappa shape index (κ1) is 18.4. The number of fused-ring (bicyclic) bond motifs is 1. The van der Waals surface area contributed by atoms with Crippen LogP contribution in [0.5, 0.6) is 0 Å². The van der Waals surface area contributed by atoms with E-state index in [0.29, 0.717) is 13.1 Å². The van der Waals surface area contributed by atoms with E-state index in [9.17, 15) is 9.18 Å². The summed E-state index contributed by atoms with van der Waals surface area (Å²) in [7, 11) is 0. The van der Waals surface area contributed by atoms with Crippen molar-refractivity contribution in [2.24, 2.45) is 0 Å². The minimum Gasteiger partial charge on any atom is -0.348 e. The molecule has 1 aliphatic heterocycles. The number of hydrogen-bond acceptors (Lipinski definition) is 3. The molecule has 2 aromatic carbocycles. The lowest BCUT2D eigenvalue weighted by atomic mass is 10.0. The topological polar surface area (TPSA) is 61.0 Å². The second kappa shape index (κ2) is 7.94. The number of carbonyl (C=O) groups excluding carboxylic acids is 1. The third kappa shape index (κ3) is 3.97. The van der Waals surface area contributed by atoms with E-state index >= 15 is 0 Å². The summed E-state index contributed by atoms with van der Waals surface area (Å²) in [5.41, 5.74) is 4.70. The normalized spacial score (nSPS) is 15.1. The third-order valence-corrected chi connectivity index (χ3v) is 5.15. The molecule has 28 heavy (non-hydrogen) atoms. The van der Waals surface area contributed by atoms with Crippen molar-refractivity contribution in [3.05, 3.63) is 77.2 Å². The minimum atomic E-state index is -0.281. The van der Waals surface area contributed by atoms with Gasteiger partial charge in [-0.15, -0.1) is 0 Å². The zero-order valence-corrected chi connectivity index (χ0v) is 15.8. The second-order valence-corrected chi connectivity index (χ2v) is 7.20. The first-order valence-corrected chi connectivity index (χ1v) is 9.49. The molecule has 0 saturated heterocycles. The number of aromatic amines is 1. The largest absolute Gasteiger partial charge is 0.348 e. The van der Waals surface area contributed by atoms with Crippen LogP contribution in [0.4, 0.5) is 4.39 Å². The lowest BCUT2D eigenvalue weighted by molar-refractivity contribution is -0.123. The van der Waals surface area contributed by atoms with Gasteiger partial charge >= 0.3 is 0 Å². The monoisotopic (exact) mass is 378 g/mol. The molecule has 144 valence electrons. The van der Waals surface area contributed by atoms with E-state index < -0.39 is 0 Å². The van der Waals surface area contributed by atoms with Crippen LogP contribution >= 0.6 is 0 Å². The van der Waals surface area contributed by atoms with Gasteiger partial charge in [-0.2, -0.15) is 5.10 Å². The van der Waals surface area contributed by atoms with Crippen LogP contribution in [0.15, 0.2) is 54.6 Å². The summed E-state index contributed by atoms with van der Waals surface area (Å²) in [5, 5.41) is 10.5. The van der Waals surface area contributed by atoms with E-state index in [2.05, 4.69) is 20.4 Å². The molecule has 0 radical (unpaired) electrons. The van der Waals surface area contributed by atoms with Gasteiger partial charge in [-0.3, -0.25) is 14.8 Å². The van der Waals surface area contributed by atoms with Crippen LogP contribution in [0, 0.1) is 5.82 Å². The van der Waals surface area contributed by atoms with E-state index in [1.54, 1.807) is 6.07 Å². The molecule has 0 unspecified atom stereocenters. The van der Waals surface area contributed by atoms with Gasteiger partial charge in [0.1, 0.15) is 5.82 Å². The SMILES string of the molecule is C[C@@H](NC(=O)CN1CCc2[nH]nc(-c3cccc(F)c3)c2C1)c1ccccc1. The summed E-state index contributed by atoms with van der Waals surface area (Å²) in [4.78, 5) is 14.6. The van der Waals surface area contributed by atoms with Gasteiger partial charge in [0, 0.05) is 36.3 Å². The number of carbonyl (C=O) groups is 1. The molecule has 2 N–H and O–H groups in total. The fourth-order valence-electron chi connectivity index (χ4n) is 3.68. The first-order chi connectivity index (χ1) is 13.6. The zero-order valence-electron chi connectivity index (χ0n) is 15.8. The lowest BCUT2D eigenvalue weighted by Crippen LogP contribution is -2.40. The smallest absolute Gasteiger partial charge is 0.234 e. The zero-order chi connectivity index (χ0) is 19.5. The number of nitrogens with zero attached hydrogens (tertiary/aromatic N) is 2. The molecule has 5 nitrogen and oxygen atoms in total. The van der Waals surface area contributed by atoms with Crippen molar-refractivity contribution < 1.29 is 9.18 Å². The van der Waals surface area contributed by atoms with Crippen molar-refractivity contribution in [3.8, 4) is 11.3 Å². The van der Waals surface area contributed by atoms with Crippen molar-refractivity contribution in [2.75, 3.05) is 13.1 Å². The number of benzene rings is 2. The van der Waals surface area contributed by atoms with Crippen LogP contribution in [0.1, 0.15) is 29.8 Å². The average molecular weight is 378 g/mol. The van der Waals surface area contributed by atoms with E-state index in [1.807, 2.05) is 43.3 Å². The lowest BCUT2D eigenvalue weighted by Gasteiger charge is -2.27. The molecule has 0 aliphatic carbocycles. The number of rotatable bonds is 5. The Bertz CT molecular complexity index is 970. The summed E-state index contributed by atoms with van der Waals surface area (Å²) < 4.78 is 13.6. The minimum absolute atomic E-state index is 0.00407. The molecule has 4 rings (SSSR count). The Kier molecular flexibility index (Phi) is 5.21. The molecule has 1 aliphatic rings. The maximum atomic E-state index is 13.6. The van der Waals surface area contributed by atoms with E-state index in [1.165, 1.54) is 12.1 Å². The van der Waals surface area contributed by atoms with Gasteiger partial charge in [-0.25, -0.2) is 4.39 Å². The standard InChI is InChI=1S/C22H23FN4O/c1-15(16-6-3-2-4-7-16)24-21(28)14-27-11-10-20-19(13-27)22(26-25-20)17-8-5-9-18(23)12-17/h2-9,12,15H,10-11,13-14H2,1H3,(H,24,28)(H,25,26)/t15-/m1/s1. The summed E-state index contributed by atoms with van der Waals surface area (Å²) in [6, 6.07) is 16.3. The Morgan fingerprint density at radius 2 is 2.07 bits per heavy atom. The second-order valence-electron chi connectivity index (χ2n) is 7.20. The van der Waals surface area contributed by atoms with Gasteiger partial charge in [-0.05, 0) is 24.6 Å². The highest BCUT2D eigenvalue weighted by Crippen LogP contribution is 2.28. The molecule has 1 atom stereocenters. The molecule has 0 bridgehead atoms. The Morgan fingerprint density at radius 3 is 2.86 bits per heavy atom. The van der Waals surface area contributed by atoms with Crippen LogP contribution in [-0.2, 0) is 17.8 Å². The molecule has 6 heteroatoms. The first-order valence-electron chi connectivity index (χ1n) is 9.49. The number of amides is 1. The number of nitrogens with one attached hydrogen (secondary N) is 2. The number of aromatic nitrogens is 2. The molecular weight excluding hydrogens is 355 g/mol. The van der Waals surface area contributed by atoms with Gasteiger partial charge in [0.2, 0.25) is 5.91 Å². The molecule has 3 aromatic rings. The van der Waals surface area contributed by atoms with Gasteiger partial charge in [0.15, 0.2) is 0 Å². The molecule has 1 aromatic heterocycles. The van der Waals surface area contributed by atoms with Gasteiger partial charge in [-0.1, -0.05) is 42.5 Å². The van der Waals surface area contributed by atoms with E-state index in [-0.39, 0.29) is 17.8 Å². The molecule has 0 spiro atoms. The van der Waals surface area contributed by atoms with Crippen molar-refractivity contribution in [2.45, 2.75) is 25.9 Å². The van der Waals surface area contributed by atoms with Crippen LogP contribution in [0.3, 0.4) is 0 Å². The highest BCUT2D eigenvalue weighted by molar-refractivity contribution is 5.78. The maximum Gasteiger partial charge on any atom is 0.234 e. The Labute approximate surface area is 163 Å². The summed E-state index contributed by atoms with van der Waals surface area (Å²) in [5.74, 6) is -0.285. The number of halogens is 1. The number of H-pyrrole nitrogens is 1. The number of hydrogen-bond donors (Lipinski definition) is 2. The molecule has 2 heterocycles. The van der Waals surface area contributed by atoms with Gasteiger partial charge in [0.05, 0.1) is 18.3 Å². The van der Waals surface area contributed by atoms with Crippen molar-refractivity contribution in [1.29, 1.82) is 0 Å². The third-order valence-electron chi connectivity index (χ3n) is 5.15. The quantitative estimate of drug-likeness (QED) is 0.715. The Balaban J connectivity index is 1.43. The van der Waals surface area contributed by atoms with E-state index in [0.717, 1.165) is 41.0 Å². The van der Waals surface area contributed by atoms with Crippen LogP contribution in [0.25, 0.3) is 11.3 Å². The van der Waals surface area contributed by atoms with Gasteiger partial charge < -0.3 is 5.32 Å². The van der Waals surface area contributed by atoms with Crippen LogP contribution < -0.4 is 5.32 Å². The summed E-state index contributed by atoms with van der Waals surface area (Å²) in [6.45, 7) is 3.71. The van der Waals surface area contributed by atoms with E-state index in [4.69, 9.17) is 0 Å². The van der Waals surface area contributed by atoms with Crippen molar-refractivity contribution >= 4 is 5.91 Å². The van der Waals surface area contributed by atoms with Crippen LogP contribution in [-0.4, -0.2) is 34.1 Å². The molecule has 1 amide bonds. The van der Waals surface area contributed by atoms with Crippen molar-refractivity contribution in [1.82, 2.24) is 20.4 Å². The molecule has 0 saturated carbocycles. The average Bonchev–Trinajstić information content (AvgIpc) is 3.12. The Hall–Kier alpha value is -2.99. The van der Waals surface area contributed by atoms with Gasteiger partial charge in [0.25, 0.3) is 0 Å². The predicted molar refractivity (Wildman–Crippen MR) is 106 cm³/mol. The fourth-order valence-corrected chi connectivity index (χ4v) is 3.68. The van der Waals surface area contributed by atoms with Crippen molar-refractivity contribution in [3.63, 3.8) is 0 Å². The highest BCUT2D eigenvalue weighted by Gasteiger charge is 2.24. The Morgan fingerprint density at radius 1 is 1.25 bits per heavy atom. The summed E-state index contributed by atoms with van der Waals surface area (Å²) >= 11 is 0. The predicted octanol–water partition coefficient (Wildman–Crippen LogP) is 3.45. The highest BCUT2D eigenvalue weighted by atomic mass is 19.1. The molecule has 0 fully saturated rings. The molecular formula is C22H23FN4O. The maximum absolute atomic E-state index is 13.6. The van der Waals surface area contributed by atoms with Crippen LogP contribution in [0.2, 0.25) is 0 Å². The fraction of sp³-hybridized carbons (Fsp3) is 0.273. The summed E-state index contributed by atoms with van der Waals surface area (Å²) in [6.07, 6.45) is 0.791.